The molecule has 1 amide bonds. The summed E-state index contributed by atoms with van der Waals surface area (Å²) in [6.07, 6.45) is 0. The van der Waals surface area contributed by atoms with Crippen molar-refractivity contribution >= 4 is 16.8 Å². The van der Waals surface area contributed by atoms with Gasteiger partial charge in [0.15, 0.2) is 5.82 Å². The van der Waals surface area contributed by atoms with E-state index in [0.29, 0.717) is 11.1 Å². The summed E-state index contributed by atoms with van der Waals surface area (Å²) in [5.74, 6) is -1.91. The van der Waals surface area contributed by atoms with E-state index in [2.05, 4.69) is 4.98 Å². The molecule has 3 rings (SSSR count). The van der Waals surface area contributed by atoms with Crippen LogP contribution in [0, 0.1) is 11.6 Å². The van der Waals surface area contributed by atoms with Crippen LogP contribution in [0.15, 0.2) is 42.5 Å². The van der Waals surface area contributed by atoms with Crippen LogP contribution in [0.5, 0.6) is 0 Å². The number of amides is 1. The molecular formula is C15H10F2N2O. The smallest absolute Gasteiger partial charge is 0.248 e. The van der Waals surface area contributed by atoms with Crippen molar-refractivity contribution in [1.82, 2.24) is 4.98 Å². The van der Waals surface area contributed by atoms with Crippen molar-refractivity contribution in [1.29, 1.82) is 0 Å². The maximum atomic E-state index is 14.3. The van der Waals surface area contributed by atoms with Crippen molar-refractivity contribution in [2.75, 3.05) is 0 Å². The van der Waals surface area contributed by atoms with Gasteiger partial charge in [0.25, 0.3) is 0 Å². The van der Waals surface area contributed by atoms with Gasteiger partial charge in [-0.25, -0.2) is 8.78 Å². The highest BCUT2D eigenvalue weighted by atomic mass is 19.1. The zero-order valence-corrected chi connectivity index (χ0v) is 10.3. The molecular weight excluding hydrogens is 262 g/mol. The number of H-pyrrole nitrogens is 1. The van der Waals surface area contributed by atoms with Gasteiger partial charge in [0, 0.05) is 11.1 Å². The minimum absolute atomic E-state index is 0.0908. The lowest BCUT2D eigenvalue weighted by atomic mass is 10.1. The normalized spacial score (nSPS) is 10.9. The molecule has 1 heterocycles. The Morgan fingerprint density at radius 2 is 1.85 bits per heavy atom. The zero-order chi connectivity index (χ0) is 14.3. The molecule has 0 saturated carbocycles. The first-order valence-corrected chi connectivity index (χ1v) is 5.94. The molecule has 0 aliphatic carbocycles. The van der Waals surface area contributed by atoms with Crippen molar-refractivity contribution in [2.45, 2.75) is 0 Å². The lowest BCUT2D eigenvalue weighted by Gasteiger charge is -2.01. The van der Waals surface area contributed by atoms with Crippen LogP contribution in [-0.4, -0.2) is 10.9 Å². The van der Waals surface area contributed by atoms with Crippen molar-refractivity contribution in [3.05, 3.63) is 59.7 Å². The van der Waals surface area contributed by atoms with Crippen molar-refractivity contribution in [2.24, 2.45) is 5.73 Å². The number of hydrogen-bond acceptors (Lipinski definition) is 1. The summed E-state index contributed by atoms with van der Waals surface area (Å²) in [4.78, 5) is 14.0. The van der Waals surface area contributed by atoms with E-state index in [1.54, 1.807) is 18.2 Å². The van der Waals surface area contributed by atoms with Gasteiger partial charge in [0.1, 0.15) is 5.82 Å². The fourth-order valence-electron chi connectivity index (χ4n) is 2.19. The average molecular weight is 272 g/mol. The van der Waals surface area contributed by atoms with Gasteiger partial charge in [0.05, 0.1) is 16.6 Å². The summed E-state index contributed by atoms with van der Waals surface area (Å²) in [6, 6.07) is 10.5. The minimum Gasteiger partial charge on any atom is -0.366 e. The van der Waals surface area contributed by atoms with Gasteiger partial charge >= 0.3 is 0 Å². The first-order valence-electron chi connectivity index (χ1n) is 5.94. The Labute approximate surface area is 113 Å². The Balaban J connectivity index is 2.25. The van der Waals surface area contributed by atoms with Crippen molar-refractivity contribution < 1.29 is 13.6 Å². The number of fused-ring (bicyclic) bond motifs is 1. The van der Waals surface area contributed by atoms with E-state index in [1.165, 1.54) is 24.3 Å². The molecule has 0 aliphatic rings. The van der Waals surface area contributed by atoms with Crippen LogP contribution in [0.1, 0.15) is 10.4 Å². The second kappa shape index (κ2) is 4.45. The lowest BCUT2D eigenvalue weighted by Crippen LogP contribution is -2.10. The van der Waals surface area contributed by atoms with Gasteiger partial charge in [-0.05, 0) is 24.3 Å². The number of primary amides is 1. The summed E-state index contributed by atoms with van der Waals surface area (Å²) < 4.78 is 28.0. The number of aromatic nitrogens is 1. The van der Waals surface area contributed by atoms with Gasteiger partial charge in [-0.2, -0.15) is 0 Å². The molecule has 0 spiro atoms. The summed E-state index contributed by atoms with van der Waals surface area (Å²) in [5.41, 5.74) is 6.39. The fraction of sp³-hybridized carbons (Fsp3) is 0. The van der Waals surface area contributed by atoms with Gasteiger partial charge in [-0.1, -0.05) is 18.2 Å². The largest absolute Gasteiger partial charge is 0.366 e. The number of rotatable bonds is 2. The molecule has 100 valence electrons. The molecule has 0 fully saturated rings. The van der Waals surface area contributed by atoms with Crippen molar-refractivity contribution in [3.8, 4) is 11.3 Å². The predicted molar refractivity (Wildman–Crippen MR) is 72.2 cm³/mol. The Bertz CT molecular complexity index is 824. The first-order chi connectivity index (χ1) is 9.58. The average Bonchev–Trinajstić information content (AvgIpc) is 2.77. The maximum Gasteiger partial charge on any atom is 0.248 e. The Hall–Kier alpha value is -2.69. The van der Waals surface area contributed by atoms with Crippen molar-refractivity contribution in [3.63, 3.8) is 0 Å². The van der Waals surface area contributed by atoms with E-state index in [9.17, 15) is 13.6 Å². The van der Waals surface area contributed by atoms with Gasteiger partial charge in [0.2, 0.25) is 5.91 Å². The number of aromatic amines is 1. The Morgan fingerprint density at radius 3 is 2.55 bits per heavy atom. The third kappa shape index (κ3) is 1.84. The molecule has 1 aromatic heterocycles. The molecule has 3 N–H and O–H groups in total. The van der Waals surface area contributed by atoms with Crippen LogP contribution >= 0.6 is 0 Å². The summed E-state index contributed by atoms with van der Waals surface area (Å²) in [7, 11) is 0. The molecule has 3 aromatic rings. The molecule has 20 heavy (non-hydrogen) atoms. The van der Waals surface area contributed by atoms with Gasteiger partial charge < -0.3 is 10.7 Å². The van der Waals surface area contributed by atoms with Crippen LogP contribution in [0.4, 0.5) is 8.78 Å². The lowest BCUT2D eigenvalue weighted by molar-refractivity contribution is 0.100. The number of carbonyl (C=O) groups excluding carboxylic acids is 1. The SMILES string of the molecule is NC(=O)c1cccc(-c2[nH]c3cccc(F)c3c2F)c1. The zero-order valence-electron chi connectivity index (χ0n) is 10.3. The van der Waals surface area contributed by atoms with Crippen LogP contribution in [-0.2, 0) is 0 Å². The highest BCUT2D eigenvalue weighted by Crippen LogP contribution is 2.30. The third-order valence-electron chi connectivity index (χ3n) is 3.15. The third-order valence-corrected chi connectivity index (χ3v) is 3.15. The number of halogens is 2. The second-order valence-electron chi connectivity index (χ2n) is 4.42. The standard InChI is InChI=1S/C15H10F2N2O/c16-10-5-2-6-11-12(10)13(17)14(19-11)8-3-1-4-9(7-8)15(18)20/h1-7,19H,(H2,18,20). The number of hydrogen-bond donors (Lipinski definition) is 2. The van der Waals surface area contributed by atoms with E-state index in [0.717, 1.165) is 0 Å². The summed E-state index contributed by atoms with van der Waals surface area (Å²) in [5, 5.41) is -0.0908. The highest BCUT2D eigenvalue weighted by Gasteiger charge is 2.16. The summed E-state index contributed by atoms with van der Waals surface area (Å²) in [6.45, 7) is 0. The minimum atomic E-state index is -0.681. The topological polar surface area (TPSA) is 58.9 Å². The van der Waals surface area contributed by atoms with E-state index in [4.69, 9.17) is 5.73 Å². The maximum absolute atomic E-state index is 14.3. The number of nitrogens with one attached hydrogen (secondary N) is 1. The summed E-state index contributed by atoms with van der Waals surface area (Å²) >= 11 is 0. The quantitative estimate of drug-likeness (QED) is 0.739. The Kier molecular flexibility index (Phi) is 2.75. The van der Waals surface area contributed by atoms with Crippen LogP contribution < -0.4 is 5.73 Å². The van der Waals surface area contributed by atoms with Crippen LogP contribution in [0.25, 0.3) is 22.2 Å². The van der Waals surface area contributed by atoms with Crippen LogP contribution in [0.2, 0.25) is 0 Å². The molecule has 0 aliphatic heterocycles. The molecule has 0 radical (unpaired) electrons. The fourth-order valence-corrected chi connectivity index (χ4v) is 2.19. The van der Waals surface area contributed by atoms with E-state index < -0.39 is 17.5 Å². The van der Waals surface area contributed by atoms with E-state index in [1.807, 2.05) is 0 Å². The second-order valence-corrected chi connectivity index (χ2v) is 4.42. The first kappa shape index (κ1) is 12.3. The predicted octanol–water partition coefficient (Wildman–Crippen LogP) is 3.21. The number of benzene rings is 2. The molecule has 3 nitrogen and oxygen atoms in total. The van der Waals surface area contributed by atoms with E-state index >= 15 is 0 Å². The van der Waals surface area contributed by atoms with Gasteiger partial charge in [-0.3, -0.25) is 4.79 Å². The monoisotopic (exact) mass is 272 g/mol. The number of nitrogens with two attached hydrogens (primary N) is 1. The number of carbonyl (C=O) groups is 1. The molecule has 5 heteroatoms. The van der Waals surface area contributed by atoms with Crippen LogP contribution in [0.3, 0.4) is 0 Å². The molecule has 0 atom stereocenters. The molecule has 0 unspecified atom stereocenters. The highest BCUT2D eigenvalue weighted by molar-refractivity contribution is 5.95. The van der Waals surface area contributed by atoms with E-state index in [-0.39, 0.29) is 16.6 Å². The molecule has 0 bridgehead atoms. The Morgan fingerprint density at radius 1 is 1.10 bits per heavy atom. The molecule has 2 aromatic carbocycles. The molecule has 0 saturated heterocycles. The van der Waals surface area contributed by atoms with Gasteiger partial charge in [-0.15, -0.1) is 0 Å².